The third-order valence-electron chi connectivity index (χ3n) is 3.98. The lowest BCUT2D eigenvalue weighted by atomic mass is 9.78. The van der Waals surface area contributed by atoms with Crippen LogP contribution < -0.4 is 5.32 Å². The van der Waals surface area contributed by atoms with E-state index in [1.807, 2.05) is 11.3 Å². The molecule has 1 aliphatic rings. The van der Waals surface area contributed by atoms with Gasteiger partial charge in [-0.3, -0.25) is 0 Å². The summed E-state index contributed by atoms with van der Waals surface area (Å²) < 4.78 is 0. The summed E-state index contributed by atoms with van der Waals surface area (Å²) in [6, 6.07) is 2.28. The van der Waals surface area contributed by atoms with E-state index in [1.165, 1.54) is 44.2 Å². The highest BCUT2D eigenvalue weighted by Crippen LogP contribution is 2.31. The summed E-state index contributed by atoms with van der Waals surface area (Å²) in [6.45, 7) is 5.93. The van der Waals surface area contributed by atoms with Crippen molar-refractivity contribution in [3.8, 4) is 0 Å². The van der Waals surface area contributed by atoms with Gasteiger partial charge in [0, 0.05) is 5.54 Å². The Labute approximate surface area is 103 Å². The minimum absolute atomic E-state index is 0.345. The van der Waals surface area contributed by atoms with Gasteiger partial charge in [0.25, 0.3) is 0 Å². The molecule has 1 N–H and O–H groups in total. The van der Waals surface area contributed by atoms with Gasteiger partial charge in [0.05, 0.1) is 0 Å². The van der Waals surface area contributed by atoms with E-state index in [4.69, 9.17) is 0 Å². The molecule has 0 aliphatic carbocycles. The summed E-state index contributed by atoms with van der Waals surface area (Å²) in [5, 5.41) is 8.33. The first-order chi connectivity index (χ1) is 7.73. The Bertz CT molecular complexity index is 295. The zero-order valence-corrected chi connectivity index (χ0v) is 11.3. The molecule has 1 nitrogen and oxygen atoms in total. The van der Waals surface area contributed by atoms with Crippen LogP contribution in [0, 0.1) is 5.92 Å². The molecule has 2 heterocycles. The van der Waals surface area contributed by atoms with Crippen LogP contribution in [0.4, 0.5) is 0 Å². The zero-order valence-electron chi connectivity index (χ0n) is 10.5. The molecule has 0 amide bonds. The fourth-order valence-corrected chi connectivity index (χ4v) is 3.44. The summed E-state index contributed by atoms with van der Waals surface area (Å²) in [4.78, 5) is 0. The normalized spacial score (nSPS) is 26.9. The van der Waals surface area contributed by atoms with Crippen LogP contribution in [-0.2, 0) is 6.42 Å². The number of hydrogen-bond acceptors (Lipinski definition) is 2. The fraction of sp³-hybridized carbons (Fsp3) is 0.714. The average Bonchev–Trinajstić information content (AvgIpc) is 2.62. The molecule has 0 aromatic carbocycles. The van der Waals surface area contributed by atoms with Gasteiger partial charge in [-0.15, -0.1) is 0 Å². The highest BCUT2D eigenvalue weighted by Gasteiger charge is 2.33. The average molecular weight is 237 g/mol. The van der Waals surface area contributed by atoms with Crippen LogP contribution in [0.3, 0.4) is 0 Å². The number of nitrogens with one attached hydrogen (secondary N) is 1. The van der Waals surface area contributed by atoms with Gasteiger partial charge < -0.3 is 5.32 Å². The van der Waals surface area contributed by atoms with E-state index < -0.39 is 0 Å². The first kappa shape index (κ1) is 12.1. The van der Waals surface area contributed by atoms with Crippen molar-refractivity contribution in [2.75, 3.05) is 6.54 Å². The minimum atomic E-state index is 0.345. The molecule has 0 radical (unpaired) electrons. The van der Waals surface area contributed by atoms with Crippen molar-refractivity contribution in [1.29, 1.82) is 0 Å². The Balaban J connectivity index is 2.13. The molecular weight excluding hydrogens is 214 g/mol. The first-order valence-electron chi connectivity index (χ1n) is 6.49. The molecule has 1 atom stereocenters. The Morgan fingerprint density at radius 3 is 2.94 bits per heavy atom. The van der Waals surface area contributed by atoms with Crippen LogP contribution in [-0.4, -0.2) is 12.1 Å². The van der Waals surface area contributed by atoms with Gasteiger partial charge in [-0.25, -0.2) is 0 Å². The van der Waals surface area contributed by atoms with E-state index in [0.29, 0.717) is 11.5 Å². The van der Waals surface area contributed by atoms with E-state index in [0.717, 1.165) is 0 Å². The lowest BCUT2D eigenvalue weighted by Gasteiger charge is -2.38. The molecular formula is C14H23NS. The van der Waals surface area contributed by atoms with Crippen molar-refractivity contribution in [1.82, 2.24) is 5.32 Å². The van der Waals surface area contributed by atoms with E-state index in [-0.39, 0.29) is 0 Å². The molecule has 2 heteroatoms. The predicted molar refractivity (Wildman–Crippen MR) is 72.1 cm³/mol. The molecule has 90 valence electrons. The van der Waals surface area contributed by atoms with Crippen molar-refractivity contribution in [2.45, 2.75) is 51.5 Å². The van der Waals surface area contributed by atoms with E-state index in [9.17, 15) is 0 Å². The van der Waals surface area contributed by atoms with Crippen LogP contribution in [0.1, 0.15) is 45.1 Å². The van der Waals surface area contributed by atoms with Gasteiger partial charge in [0.1, 0.15) is 0 Å². The molecule has 1 aliphatic heterocycles. The Kier molecular flexibility index (Phi) is 4.04. The zero-order chi connectivity index (χ0) is 11.4. The van der Waals surface area contributed by atoms with Crippen molar-refractivity contribution < 1.29 is 0 Å². The second-order valence-corrected chi connectivity index (χ2v) is 6.14. The summed E-state index contributed by atoms with van der Waals surface area (Å²) in [5.74, 6) is 0.713. The molecule has 1 unspecified atom stereocenters. The Morgan fingerprint density at radius 1 is 1.38 bits per heavy atom. The van der Waals surface area contributed by atoms with Crippen molar-refractivity contribution in [2.24, 2.45) is 5.92 Å². The van der Waals surface area contributed by atoms with E-state index in [1.54, 1.807) is 0 Å². The molecule has 0 bridgehead atoms. The maximum atomic E-state index is 3.84. The summed E-state index contributed by atoms with van der Waals surface area (Å²) in [5.41, 5.74) is 1.85. The Morgan fingerprint density at radius 2 is 2.25 bits per heavy atom. The monoisotopic (exact) mass is 237 g/mol. The third-order valence-corrected chi connectivity index (χ3v) is 4.71. The fourth-order valence-electron chi connectivity index (χ4n) is 2.77. The number of thiophene rings is 1. The first-order valence-corrected chi connectivity index (χ1v) is 7.43. The number of rotatable bonds is 3. The maximum Gasteiger partial charge on any atom is 0.0244 e. The van der Waals surface area contributed by atoms with Crippen molar-refractivity contribution in [3.05, 3.63) is 22.4 Å². The van der Waals surface area contributed by atoms with Gasteiger partial charge in [0.2, 0.25) is 0 Å². The van der Waals surface area contributed by atoms with E-state index in [2.05, 4.69) is 36.0 Å². The third kappa shape index (κ3) is 2.67. The second kappa shape index (κ2) is 5.33. The minimum Gasteiger partial charge on any atom is -0.311 e. The largest absolute Gasteiger partial charge is 0.311 e. The van der Waals surface area contributed by atoms with Crippen LogP contribution in [0.25, 0.3) is 0 Å². The van der Waals surface area contributed by atoms with Gasteiger partial charge in [-0.05, 0) is 54.1 Å². The predicted octanol–water partition coefficient (Wildman–Crippen LogP) is 3.85. The lowest BCUT2D eigenvalue weighted by molar-refractivity contribution is 0.226. The highest BCUT2D eigenvalue weighted by atomic mass is 32.1. The van der Waals surface area contributed by atoms with Crippen molar-refractivity contribution >= 4 is 11.3 Å². The molecule has 16 heavy (non-hydrogen) atoms. The van der Waals surface area contributed by atoms with Gasteiger partial charge in [0.15, 0.2) is 0 Å². The second-order valence-electron chi connectivity index (χ2n) is 5.36. The van der Waals surface area contributed by atoms with Gasteiger partial charge >= 0.3 is 0 Å². The molecule has 1 aromatic heterocycles. The van der Waals surface area contributed by atoms with Crippen LogP contribution in [0.15, 0.2) is 16.8 Å². The molecule has 1 fully saturated rings. The van der Waals surface area contributed by atoms with Crippen LogP contribution in [0.2, 0.25) is 0 Å². The summed E-state index contributed by atoms with van der Waals surface area (Å²) in [6.07, 6.45) is 6.66. The highest BCUT2D eigenvalue weighted by molar-refractivity contribution is 7.07. The number of hydrogen-bond donors (Lipinski definition) is 1. The van der Waals surface area contributed by atoms with Gasteiger partial charge in [-0.2, -0.15) is 11.3 Å². The SMILES string of the molecule is CC(C)C1(Cc2ccsc2)CCCCCN1. The Hall–Kier alpha value is -0.340. The quantitative estimate of drug-likeness (QED) is 0.842. The van der Waals surface area contributed by atoms with Gasteiger partial charge in [-0.1, -0.05) is 26.7 Å². The topological polar surface area (TPSA) is 12.0 Å². The molecule has 1 saturated heterocycles. The molecule has 2 rings (SSSR count). The molecule has 0 saturated carbocycles. The molecule has 0 spiro atoms. The van der Waals surface area contributed by atoms with E-state index >= 15 is 0 Å². The maximum absolute atomic E-state index is 3.84. The van der Waals surface area contributed by atoms with Crippen LogP contribution >= 0.6 is 11.3 Å². The molecule has 1 aromatic rings. The summed E-state index contributed by atoms with van der Waals surface area (Å²) in [7, 11) is 0. The smallest absolute Gasteiger partial charge is 0.0244 e. The van der Waals surface area contributed by atoms with Crippen molar-refractivity contribution in [3.63, 3.8) is 0 Å². The lowest BCUT2D eigenvalue weighted by Crippen LogP contribution is -2.50. The van der Waals surface area contributed by atoms with Crippen LogP contribution in [0.5, 0.6) is 0 Å². The standard InChI is InChI=1S/C14H23NS/c1-12(2)14(7-4-3-5-8-15-14)10-13-6-9-16-11-13/h6,9,11-12,15H,3-5,7-8,10H2,1-2H3. The summed E-state index contributed by atoms with van der Waals surface area (Å²) >= 11 is 1.82.